The number of nitrogens with one attached hydrogen (secondary N) is 2. The number of carbonyl (C=O) groups is 2. The van der Waals surface area contributed by atoms with E-state index < -0.39 is 0 Å². The Morgan fingerprint density at radius 3 is 2.36 bits per heavy atom. The molecule has 0 atom stereocenters. The van der Waals surface area contributed by atoms with E-state index >= 15 is 0 Å². The van der Waals surface area contributed by atoms with Crippen LogP contribution in [0.3, 0.4) is 0 Å². The molecule has 0 spiro atoms. The van der Waals surface area contributed by atoms with E-state index in [9.17, 15) is 9.59 Å². The Morgan fingerprint density at radius 1 is 1.00 bits per heavy atom. The average molecular weight is 341 g/mol. The Labute approximate surface area is 147 Å². The van der Waals surface area contributed by atoms with Crippen LogP contribution in [0.1, 0.15) is 17.5 Å². The number of benzene rings is 2. The van der Waals surface area contributed by atoms with Crippen LogP contribution in [-0.2, 0) is 9.59 Å². The molecule has 0 saturated heterocycles. The van der Waals surface area contributed by atoms with Crippen molar-refractivity contribution in [2.75, 3.05) is 23.8 Å². The molecule has 2 aromatic carbocycles. The molecule has 0 aromatic heterocycles. The van der Waals surface area contributed by atoms with Crippen LogP contribution in [0.15, 0.2) is 42.5 Å². The summed E-state index contributed by atoms with van der Waals surface area (Å²) in [5, 5.41) is 5.56. The highest BCUT2D eigenvalue weighted by Crippen LogP contribution is 2.20. The van der Waals surface area contributed by atoms with Crippen molar-refractivity contribution in [2.45, 2.75) is 20.3 Å². The van der Waals surface area contributed by atoms with Gasteiger partial charge in [0.15, 0.2) is 6.61 Å². The van der Waals surface area contributed by atoms with Crippen LogP contribution in [0.25, 0.3) is 0 Å². The lowest BCUT2D eigenvalue weighted by Crippen LogP contribution is -2.21. The number of ether oxygens (including phenoxy) is 1. The standard InChI is InChI=1S/C19H23N3O3/c1-13-3-6-16(7-4-13)25-12-19(24)22-17-8-5-15(11-14(17)2)21-18(23)9-10-20/h3-8,11H,9-10,12,20H2,1-2H3,(H,21,23)(H,22,24). The number of hydrogen-bond donors (Lipinski definition) is 3. The first-order chi connectivity index (χ1) is 12.0. The van der Waals surface area contributed by atoms with Crippen LogP contribution in [0.5, 0.6) is 5.75 Å². The number of rotatable bonds is 7. The maximum absolute atomic E-state index is 12.0. The number of anilines is 2. The van der Waals surface area contributed by atoms with Gasteiger partial charge >= 0.3 is 0 Å². The van der Waals surface area contributed by atoms with E-state index in [4.69, 9.17) is 10.5 Å². The van der Waals surface area contributed by atoms with E-state index in [-0.39, 0.29) is 24.8 Å². The van der Waals surface area contributed by atoms with Crippen LogP contribution < -0.4 is 21.1 Å². The third-order valence-electron chi connectivity index (χ3n) is 3.55. The van der Waals surface area contributed by atoms with Crippen molar-refractivity contribution < 1.29 is 14.3 Å². The molecule has 2 aromatic rings. The van der Waals surface area contributed by atoms with Gasteiger partial charge in [-0.1, -0.05) is 17.7 Å². The van der Waals surface area contributed by atoms with Gasteiger partial charge in [-0.15, -0.1) is 0 Å². The molecule has 0 saturated carbocycles. The van der Waals surface area contributed by atoms with Crippen LogP contribution in [0.4, 0.5) is 11.4 Å². The molecule has 132 valence electrons. The van der Waals surface area contributed by atoms with E-state index in [1.807, 2.05) is 38.1 Å². The maximum Gasteiger partial charge on any atom is 0.262 e. The number of carbonyl (C=O) groups excluding carboxylic acids is 2. The van der Waals surface area contributed by atoms with Crippen molar-refractivity contribution in [3.63, 3.8) is 0 Å². The van der Waals surface area contributed by atoms with Crippen LogP contribution in [0.2, 0.25) is 0 Å². The zero-order valence-corrected chi connectivity index (χ0v) is 14.5. The van der Waals surface area contributed by atoms with Gasteiger partial charge in [0, 0.05) is 24.3 Å². The Bertz CT molecular complexity index is 742. The number of nitrogens with two attached hydrogens (primary N) is 1. The summed E-state index contributed by atoms with van der Waals surface area (Å²) in [6.07, 6.45) is 0.272. The van der Waals surface area contributed by atoms with Crippen molar-refractivity contribution in [1.82, 2.24) is 0 Å². The van der Waals surface area contributed by atoms with Gasteiger partial charge in [-0.2, -0.15) is 0 Å². The quantitative estimate of drug-likeness (QED) is 0.721. The molecule has 6 nitrogen and oxygen atoms in total. The van der Waals surface area contributed by atoms with E-state index in [1.165, 1.54) is 0 Å². The third-order valence-corrected chi connectivity index (χ3v) is 3.55. The second-order valence-electron chi connectivity index (χ2n) is 5.77. The molecule has 0 aliphatic heterocycles. The van der Waals surface area contributed by atoms with E-state index in [1.54, 1.807) is 18.2 Å². The fourth-order valence-corrected chi connectivity index (χ4v) is 2.21. The molecule has 0 unspecified atom stereocenters. The highest BCUT2D eigenvalue weighted by molar-refractivity contribution is 5.94. The average Bonchev–Trinajstić information content (AvgIpc) is 2.57. The smallest absolute Gasteiger partial charge is 0.262 e. The van der Waals surface area contributed by atoms with Gasteiger partial charge in [-0.25, -0.2) is 0 Å². The normalized spacial score (nSPS) is 10.2. The topological polar surface area (TPSA) is 93.5 Å². The lowest BCUT2D eigenvalue weighted by molar-refractivity contribution is -0.118. The summed E-state index contributed by atoms with van der Waals surface area (Å²) in [6.45, 7) is 4.08. The van der Waals surface area contributed by atoms with Crippen molar-refractivity contribution in [3.8, 4) is 5.75 Å². The highest BCUT2D eigenvalue weighted by Gasteiger charge is 2.08. The Balaban J connectivity index is 1.89. The fraction of sp³-hybridized carbons (Fsp3) is 0.263. The predicted molar refractivity (Wildman–Crippen MR) is 98.8 cm³/mol. The first-order valence-corrected chi connectivity index (χ1v) is 8.08. The van der Waals surface area contributed by atoms with E-state index in [0.717, 1.165) is 11.1 Å². The first kappa shape index (κ1) is 18.5. The summed E-state index contributed by atoms with van der Waals surface area (Å²) in [4.78, 5) is 23.6. The molecule has 0 heterocycles. The van der Waals surface area contributed by atoms with Gasteiger partial charge in [0.1, 0.15) is 5.75 Å². The summed E-state index contributed by atoms with van der Waals surface area (Å²) in [5.41, 5.74) is 8.67. The molecule has 0 aliphatic rings. The van der Waals surface area contributed by atoms with E-state index in [2.05, 4.69) is 10.6 Å². The molecule has 0 fully saturated rings. The zero-order valence-electron chi connectivity index (χ0n) is 14.5. The van der Waals surface area contributed by atoms with Gasteiger partial charge in [0.2, 0.25) is 5.91 Å². The first-order valence-electron chi connectivity index (χ1n) is 8.08. The van der Waals surface area contributed by atoms with Gasteiger partial charge in [0.05, 0.1) is 0 Å². The van der Waals surface area contributed by atoms with Gasteiger partial charge in [-0.05, 0) is 49.7 Å². The lowest BCUT2D eigenvalue weighted by Gasteiger charge is -2.12. The third kappa shape index (κ3) is 5.93. The summed E-state index contributed by atoms with van der Waals surface area (Å²) in [7, 11) is 0. The number of amides is 2. The van der Waals surface area contributed by atoms with E-state index in [0.29, 0.717) is 23.7 Å². The molecule has 6 heteroatoms. The van der Waals surface area contributed by atoms with Crippen molar-refractivity contribution in [1.29, 1.82) is 0 Å². The minimum atomic E-state index is -0.247. The van der Waals surface area contributed by atoms with Gasteiger partial charge < -0.3 is 21.1 Å². The second kappa shape index (κ2) is 8.84. The van der Waals surface area contributed by atoms with Gasteiger partial charge in [0.25, 0.3) is 5.91 Å². The van der Waals surface area contributed by atoms with Crippen LogP contribution >= 0.6 is 0 Å². The largest absolute Gasteiger partial charge is 0.484 e. The zero-order chi connectivity index (χ0) is 18.2. The van der Waals surface area contributed by atoms with Crippen LogP contribution in [0, 0.1) is 13.8 Å². The lowest BCUT2D eigenvalue weighted by atomic mass is 10.1. The SMILES string of the molecule is Cc1ccc(OCC(=O)Nc2ccc(NC(=O)CCN)cc2C)cc1. The van der Waals surface area contributed by atoms with Crippen molar-refractivity contribution in [2.24, 2.45) is 5.73 Å². The predicted octanol–water partition coefficient (Wildman–Crippen LogP) is 2.61. The summed E-state index contributed by atoms with van der Waals surface area (Å²) in [6, 6.07) is 12.8. The molecular weight excluding hydrogens is 318 g/mol. The summed E-state index contributed by atoms with van der Waals surface area (Å²) >= 11 is 0. The number of hydrogen-bond acceptors (Lipinski definition) is 4. The molecule has 0 aliphatic carbocycles. The van der Waals surface area contributed by atoms with Crippen molar-refractivity contribution >= 4 is 23.2 Å². The second-order valence-corrected chi connectivity index (χ2v) is 5.77. The summed E-state index contributed by atoms with van der Waals surface area (Å²) in [5.74, 6) is 0.268. The maximum atomic E-state index is 12.0. The Kier molecular flexibility index (Phi) is 6.54. The molecule has 4 N–H and O–H groups in total. The Hall–Kier alpha value is -2.86. The number of aryl methyl sites for hydroxylation is 2. The van der Waals surface area contributed by atoms with Crippen LogP contribution in [-0.4, -0.2) is 25.0 Å². The molecule has 25 heavy (non-hydrogen) atoms. The molecule has 0 bridgehead atoms. The van der Waals surface area contributed by atoms with Crippen molar-refractivity contribution in [3.05, 3.63) is 53.6 Å². The molecule has 2 amide bonds. The Morgan fingerprint density at radius 2 is 1.72 bits per heavy atom. The summed E-state index contributed by atoms with van der Waals surface area (Å²) < 4.78 is 5.46. The monoisotopic (exact) mass is 341 g/mol. The molecule has 0 radical (unpaired) electrons. The highest BCUT2D eigenvalue weighted by atomic mass is 16.5. The molecular formula is C19H23N3O3. The molecule has 2 rings (SSSR count). The fourth-order valence-electron chi connectivity index (χ4n) is 2.21. The minimum absolute atomic E-state index is 0.0719. The minimum Gasteiger partial charge on any atom is -0.484 e. The van der Waals surface area contributed by atoms with Gasteiger partial charge in [-0.3, -0.25) is 9.59 Å².